The van der Waals surface area contributed by atoms with Gasteiger partial charge in [0.25, 0.3) is 0 Å². The summed E-state index contributed by atoms with van der Waals surface area (Å²) in [5, 5.41) is 8.61. The third-order valence-electron chi connectivity index (χ3n) is 1.94. The number of aromatic nitrogens is 1. The average Bonchev–Trinajstić information content (AvgIpc) is 2.77. The average molecular weight is 298 g/mol. The maximum absolute atomic E-state index is 10.5. The number of rotatable bonds is 4. The summed E-state index contributed by atoms with van der Waals surface area (Å²) in [5.41, 5.74) is 0.435. The van der Waals surface area contributed by atoms with E-state index < -0.39 is 5.97 Å². The second-order valence-corrected chi connectivity index (χ2v) is 4.11. The largest absolute Gasteiger partial charge is 0.487 e. The van der Waals surface area contributed by atoms with Gasteiger partial charge in [-0.1, -0.05) is 15.9 Å². The van der Waals surface area contributed by atoms with Crippen molar-refractivity contribution in [2.75, 3.05) is 0 Å². The molecule has 0 atom stereocenters. The van der Waals surface area contributed by atoms with E-state index in [1.54, 1.807) is 12.1 Å². The number of benzene rings is 1. The van der Waals surface area contributed by atoms with Gasteiger partial charge < -0.3 is 14.3 Å². The van der Waals surface area contributed by atoms with Gasteiger partial charge in [0.2, 0.25) is 0 Å². The normalized spacial score (nSPS) is 10.2. The smallest absolute Gasteiger partial charge is 0.392 e. The molecule has 88 valence electrons. The SMILES string of the molecule is O=C(O)c1nc(COc2ccc(Br)cc2)co1. The third kappa shape index (κ3) is 3.07. The summed E-state index contributed by atoms with van der Waals surface area (Å²) in [6, 6.07) is 7.28. The van der Waals surface area contributed by atoms with Crippen LogP contribution in [0.2, 0.25) is 0 Å². The van der Waals surface area contributed by atoms with Gasteiger partial charge in [0, 0.05) is 4.47 Å². The Kier molecular flexibility index (Phi) is 3.43. The number of halogens is 1. The van der Waals surface area contributed by atoms with Crippen molar-refractivity contribution in [3.05, 3.63) is 46.6 Å². The lowest BCUT2D eigenvalue weighted by Crippen LogP contribution is -1.99. The van der Waals surface area contributed by atoms with Crippen LogP contribution in [0.4, 0.5) is 0 Å². The fourth-order valence-electron chi connectivity index (χ4n) is 1.16. The zero-order valence-corrected chi connectivity index (χ0v) is 10.2. The minimum absolute atomic E-state index is 0.165. The molecule has 1 aromatic heterocycles. The Bertz CT molecular complexity index is 521. The van der Waals surface area contributed by atoms with Crippen LogP contribution in [0.15, 0.2) is 39.4 Å². The molecule has 2 rings (SSSR count). The predicted octanol–water partition coefficient (Wildman–Crippen LogP) is 2.71. The topological polar surface area (TPSA) is 72.6 Å². The molecule has 0 radical (unpaired) electrons. The molecule has 1 N–H and O–H groups in total. The summed E-state index contributed by atoms with van der Waals surface area (Å²) < 4.78 is 11.1. The molecule has 6 heteroatoms. The molecular weight excluding hydrogens is 290 g/mol. The van der Waals surface area contributed by atoms with Crippen molar-refractivity contribution in [2.45, 2.75) is 6.61 Å². The summed E-state index contributed by atoms with van der Waals surface area (Å²) in [6.07, 6.45) is 1.27. The number of carbonyl (C=O) groups is 1. The summed E-state index contributed by atoms with van der Waals surface area (Å²) in [5.74, 6) is -0.854. The molecule has 0 fully saturated rings. The molecule has 0 aliphatic heterocycles. The Morgan fingerprint density at radius 2 is 2.12 bits per heavy atom. The summed E-state index contributed by atoms with van der Waals surface area (Å²) >= 11 is 3.31. The number of ether oxygens (including phenoxy) is 1. The van der Waals surface area contributed by atoms with Gasteiger partial charge in [0.15, 0.2) is 0 Å². The van der Waals surface area contributed by atoms with E-state index in [9.17, 15) is 4.79 Å². The Hall–Kier alpha value is -1.82. The Morgan fingerprint density at radius 3 is 2.71 bits per heavy atom. The Labute approximate surface area is 105 Å². The molecule has 0 aliphatic carbocycles. The molecule has 17 heavy (non-hydrogen) atoms. The maximum atomic E-state index is 10.5. The molecule has 0 unspecified atom stereocenters. The molecule has 0 aliphatic rings. The standard InChI is InChI=1S/C11H8BrNO4/c12-7-1-3-9(4-2-7)16-5-8-6-17-10(13-8)11(14)15/h1-4,6H,5H2,(H,14,15). The van der Waals surface area contributed by atoms with Crippen molar-refractivity contribution in [1.82, 2.24) is 4.98 Å². The minimum atomic E-state index is -1.19. The molecule has 0 amide bonds. The van der Waals surface area contributed by atoms with Crippen LogP contribution >= 0.6 is 15.9 Å². The van der Waals surface area contributed by atoms with Crippen molar-refractivity contribution in [3.8, 4) is 5.75 Å². The van der Waals surface area contributed by atoms with Crippen LogP contribution in [-0.2, 0) is 6.61 Å². The first-order chi connectivity index (χ1) is 8.15. The lowest BCUT2D eigenvalue weighted by Gasteiger charge is -2.02. The van der Waals surface area contributed by atoms with E-state index in [-0.39, 0.29) is 12.5 Å². The molecular formula is C11H8BrNO4. The van der Waals surface area contributed by atoms with Crippen molar-refractivity contribution in [3.63, 3.8) is 0 Å². The highest BCUT2D eigenvalue weighted by Gasteiger charge is 2.11. The molecule has 2 aromatic rings. The predicted molar refractivity (Wildman–Crippen MR) is 61.9 cm³/mol. The number of oxazole rings is 1. The monoisotopic (exact) mass is 297 g/mol. The van der Waals surface area contributed by atoms with Crippen LogP contribution in [0.25, 0.3) is 0 Å². The third-order valence-corrected chi connectivity index (χ3v) is 2.46. The first-order valence-corrected chi connectivity index (χ1v) is 5.50. The molecule has 0 spiro atoms. The molecule has 5 nitrogen and oxygen atoms in total. The van der Waals surface area contributed by atoms with Gasteiger partial charge >= 0.3 is 11.9 Å². The van der Waals surface area contributed by atoms with Gasteiger partial charge in [0.05, 0.1) is 0 Å². The second kappa shape index (κ2) is 5.01. The summed E-state index contributed by atoms with van der Waals surface area (Å²) in [6.45, 7) is 0.165. The lowest BCUT2D eigenvalue weighted by molar-refractivity contribution is 0.0653. The molecule has 1 aromatic carbocycles. The van der Waals surface area contributed by atoms with Crippen LogP contribution in [0.5, 0.6) is 5.75 Å². The number of hydrogen-bond acceptors (Lipinski definition) is 4. The van der Waals surface area contributed by atoms with E-state index in [1.165, 1.54) is 6.26 Å². The minimum Gasteiger partial charge on any atom is -0.487 e. The number of carboxylic acids is 1. The van der Waals surface area contributed by atoms with Crippen molar-refractivity contribution in [1.29, 1.82) is 0 Å². The van der Waals surface area contributed by atoms with E-state index >= 15 is 0 Å². The fraction of sp³-hybridized carbons (Fsp3) is 0.0909. The fourth-order valence-corrected chi connectivity index (χ4v) is 1.42. The van der Waals surface area contributed by atoms with Gasteiger partial charge in [-0.2, -0.15) is 0 Å². The molecule has 0 saturated carbocycles. The zero-order chi connectivity index (χ0) is 12.3. The van der Waals surface area contributed by atoms with Crippen LogP contribution in [0.3, 0.4) is 0 Å². The van der Waals surface area contributed by atoms with E-state index in [4.69, 9.17) is 14.3 Å². The second-order valence-electron chi connectivity index (χ2n) is 3.19. The molecule has 1 heterocycles. The van der Waals surface area contributed by atoms with Crippen LogP contribution < -0.4 is 4.74 Å². The van der Waals surface area contributed by atoms with Crippen molar-refractivity contribution < 1.29 is 19.1 Å². The number of nitrogens with zero attached hydrogens (tertiary/aromatic N) is 1. The number of hydrogen-bond donors (Lipinski definition) is 1. The van der Waals surface area contributed by atoms with Crippen molar-refractivity contribution >= 4 is 21.9 Å². The van der Waals surface area contributed by atoms with Gasteiger partial charge in [-0.15, -0.1) is 0 Å². The first-order valence-electron chi connectivity index (χ1n) is 4.71. The maximum Gasteiger partial charge on any atom is 0.392 e. The van der Waals surface area contributed by atoms with Crippen molar-refractivity contribution in [2.24, 2.45) is 0 Å². The highest BCUT2D eigenvalue weighted by Crippen LogP contribution is 2.17. The van der Waals surface area contributed by atoms with Gasteiger partial charge in [0.1, 0.15) is 24.3 Å². The molecule has 0 bridgehead atoms. The number of carboxylic acid groups (broad SMARTS) is 1. The quantitative estimate of drug-likeness (QED) is 0.939. The highest BCUT2D eigenvalue weighted by atomic mass is 79.9. The zero-order valence-electron chi connectivity index (χ0n) is 8.59. The van der Waals surface area contributed by atoms with Gasteiger partial charge in [-0.3, -0.25) is 0 Å². The van der Waals surface area contributed by atoms with Gasteiger partial charge in [-0.05, 0) is 24.3 Å². The highest BCUT2D eigenvalue weighted by molar-refractivity contribution is 9.10. The van der Waals surface area contributed by atoms with Crippen LogP contribution in [0.1, 0.15) is 16.4 Å². The Morgan fingerprint density at radius 1 is 1.41 bits per heavy atom. The van der Waals surface area contributed by atoms with E-state index in [0.717, 1.165) is 4.47 Å². The first kappa shape index (κ1) is 11.7. The van der Waals surface area contributed by atoms with E-state index in [2.05, 4.69) is 20.9 Å². The lowest BCUT2D eigenvalue weighted by atomic mass is 10.3. The van der Waals surface area contributed by atoms with Gasteiger partial charge in [-0.25, -0.2) is 9.78 Å². The molecule has 0 saturated heterocycles. The van der Waals surface area contributed by atoms with E-state index in [0.29, 0.717) is 11.4 Å². The number of aromatic carboxylic acids is 1. The van der Waals surface area contributed by atoms with Crippen LogP contribution in [-0.4, -0.2) is 16.1 Å². The van der Waals surface area contributed by atoms with E-state index in [1.807, 2.05) is 12.1 Å². The summed E-state index contributed by atoms with van der Waals surface area (Å²) in [7, 11) is 0. The Balaban J connectivity index is 1.97. The van der Waals surface area contributed by atoms with Crippen LogP contribution in [0, 0.1) is 0 Å². The summed E-state index contributed by atoms with van der Waals surface area (Å²) in [4.78, 5) is 14.3.